The van der Waals surface area contributed by atoms with Crippen molar-refractivity contribution in [3.63, 3.8) is 0 Å². The predicted molar refractivity (Wildman–Crippen MR) is 119 cm³/mol. The van der Waals surface area contributed by atoms with Gasteiger partial charge >= 0.3 is 5.97 Å². The minimum Gasteiger partial charge on any atom is -0.497 e. The summed E-state index contributed by atoms with van der Waals surface area (Å²) >= 11 is 5.89. The van der Waals surface area contributed by atoms with E-state index in [-0.39, 0.29) is 22.4 Å². The van der Waals surface area contributed by atoms with Gasteiger partial charge in [0.05, 0.1) is 12.0 Å². The van der Waals surface area contributed by atoms with Gasteiger partial charge in [-0.2, -0.15) is 4.72 Å². The molecular weight excluding hydrogens is 456 g/mol. The summed E-state index contributed by atoms with van der Waals surface area (Å²) in [5.74, 6) is -0.0511. The molecule has 1 aromatic heterocycles. The number of sulfonamides is 1. The van der Waals surface area contributed by atoms with Crippen molar-refractivity contribution < 1.29 is 27.2 Å². The molecule has 2 aromatic carbocycles. The van der Waals surface area contributed by atoms with Gasteiger partial charge < -0.3 is 14.0 Å². The van der Waals surface area contributed by atoms with Crippen molar-refractivity contribution in [2.45, 2.75) is 31.4 Å². The largest absolute Gasteiger partial charge is 0.497 e. The molecule has 0 saturated heterocycles. The number of aromatic nitrogens is 1. The van der Waals surface area contributed by atoms with Crippen molar-refractivity contribution in [1.29, 1.82) is 0 Å². The summed E-state index contributed by atoms with van der Waals surface area (Å²) in [6.45, 7) is 3.23. The highest BCUT2D eigenvalue weighted by Gasteiger charge is 2.30. The van der Waals surface area contributed by atoms with Crippen LogP contribution in [0.3, 0.4) is 0 Å². The minimum atomic E-state index is -3.97. The molecule has 0 aliphatic heterocycles. The smallest absolute Gasteiger partial charge is 0.324 e. The van der Waals surface area contributed by atoms with Gasteiger partial charge in [0.25, 0.3) is 0 Å². The number of esters is 1. The summed E-state index contributed by atoms with van der Waals surface area (Å²) in [4.78, 5) is 12.6. The van der Waals surface area contributed by atoms with Crippen LogP contribution in [0, 0.1) is 5.92 Å². The van der Waals surface area contributed by atoms with Gasteiger partial charge in [0.2, 0.25) is 10.0 Å². The highest BCUT2D eigenvalue weighted by molar-refractivity contribution is 7.89. The van der Waals surface area contributed by atoms with Gasteiger partial charge in [-0.25, -0.2) is 8.42 Å². The van der Waals surface area contributed by atoms with E-state index in [2.05, 4.69) is 9.88 Å². The first-order chi connectivity index (χ1) is 15.2. The van der Waals surface area contributed by atoms with Gasteiger partial charge in [0.1, 0.15) is 17.5 Å². The van der Waals surface area contributed by atoms with Crippen molar-refractivity contribution >= 4 is 27.6 Å². The Bertz CT molecular complexity index is 1180. The van der Waals surface area contributed by atoms with Gasteiger partial charge in [0.15, 0.2) is 12.4 Å². The lowest BCUT2D eigenvalue weighted by atomic mass is 10.1. The van der Waals surface area contributed by atoms with E-state index in [0.717, 1.165) is 5.56 Å². The third-order valence-electron chi connectivity index (χ3n) is 4.61. The molecule has 1 N–H and O–H groups in total. The molecule has 0 aliphatic rings. The van der Waals surface area contributed by atoms with E-state index in [1.807, 2.05) is 12.1 Å². The first kappa shape index (κ1) is 23.8. The van der Waals surface area contributed by atoms with Crippen LogP contribution in [0.4, 0.5) is 0 Å². The summed E-state index contributed by atoms with van der Waals surface area (Å²) in [6.07, 6.45) is 0. The van der Waals surface area contributed by atoms with Crippen molar-refractivity contribution in [3.8, 4) is 17.0 Å². The number of methoxy groups -OCH3 is 1. The second-order valence-electron chi connectivity index (χ2n) is 7.32. The summed E-state index contributed by atoms with van der Waals surface area (Å²) in [7, 11) is -2.39. The lowest BCUT2D eigenvalue weighted by Crippen LogP contribution is -2.45. The third kappa shape index (κ3) is 5.87. The van der Waals surface area contributed by atoms with Crippen LogP contribution in [0.1, 0.15) is 19.6 Å². The maximum absolute atomic E-state index is 12.7. The number of halogens is 1. The quantitative estimate of drug-likeness (QED) is 0.462. The Labute approximate surface area is 191 Å². The minimum absolute atomic E-state index is 0.0391. The van der Waals surface area contributed by atoms with Gasteiger partial charge in [0, 0.05) is 16.7 Å². The van der Waals surface area contributed by atoms with Crippen LogP contribution in [0.5, 0.6) is 5.75 Å². The third-order valence-corrected chi connectivity index (χ3v) is 6.28. The number of hydrogen-bond acceptors (Lipinski definition) is 7. The maximum atomic E-state index is 12.7. The van der Waals surface area contributed by atoms with E-state index in [1.54, 1.807) is 45.2 Å². The molecule has 0 spiro atoms. The molecule has 0 unspecified atom stereocenters. The van der Waals surface area contributed by atoms with Crippen molar-refractivity contribution in [2.24, 2.45) is 5.92 Å². The maximum Gasteiger partial charge on any atom is 0.324 e. The number of benzene rings is 2. The molecule has 1 atom stereocenters. The van der Waals surface area contributed by atoms with Crippen LogP contribution >= 0.6 is 11.6 Å². The van der Waals surface area contributed by atoms with Gasteiger partial charge in [-0.15, -0.1) is 0 Å². The molecule has 0 fully saturated rings. The zero-order valence-electron chi connectivity index (χ0n) is 17.7. The van der Waals surface area contributed by atoms with E-state index in [1.165, 1.54) is 18.2 Å². The van der Waals surface area contributed by atoms with Gasteiger partial charge in [-0.1, -0.05) is 36.7 Å². The van der Waals surface area contributed by atoms with E-state index in [9.17, 15) is 13.2 Å². The average Bonchev–Trinajstić information content (AvgIpc) is 3.25. The molecule has 0 amide bonds. The Kier molecular flexibility index (Phi) is 7.55. The monoisotopic (exact) mass is 478 g/mol. The standard InChI is InChI=1S/C22H23ClN2O6S/c1-14(2)21(25-32(27,28)19-6-4-5-16(23)11-19)22(26)30-13-18-12-20(24-31-18)15-7-9-17(29-3)10-8-15/h4-12,14,21,25H,13H2,1-3H3/t21-/m1/s1. The molecule has 10 heteroatoms. The number of hydrogen-bond donors (Lipinski definition) is 1. The van der Waals surface area contributed by atoms with Gasteiger partial charge in [-0.3, -0.25) is 4.79 Å². The number of carbonyl (C=O) groups is 1. The number of ether oxygens (including phenoxy) is 2. The van der Waals surface area contributed by atoms with Crippen LogP contribution < -0.4 is 9.46 Å². The van der Waals surface area contributed by atoms with Crippen molar-refractivity contribution in [1.82, 2.24) is 9.88 Å². The Morgan fingerprint density at radius 3 is 2.50 bits per heavy atom. The predicted octanol–water partition coefficient (Wildman–Crippen LogP) is 4.05. The lowest BCUT2D eigenvalue weighted by molar-refractivity contribution is -0.148. The van der Waals surface area contributed by atoms with E-state index in [4.69, 9.17) is 25.6 Å². The summed E-state index contributed by atoms with van der Waals surface area (Å²) < 4.78 is 43.4. The molecule has 0 saturated carbocycles. The Morgan fingerprint density at radius 1 is 1.16 bits per heavy atom. The zero-order chi connectivity index (χ0) is 23.3. The average molecular weight is 479 g/mol. The molecule has 3 aromatic rings. The zero-order valence-corrected chi connectivity index (χ0v) is 19.3. The summed E-state index contributed by atoms with van der Waals surface area (Å²) in [5, 5.41) is 4.25. The Balaban J connectivity index is 1.66. The fourth-order valence-electron chi connectivity index (χ4n) is 2.84. The second kappa shape index (κ2) is 10.2. The Hall–Kier alpha value is -2.88. The molecule has 32 heavy (non-hydrogen) atoms. The molecule has 0 radical (unpaired) electrons. The highest BCUT2D eigenvalue weighted by Crippen LogP contribution is 2.23. The fourth-order valence-corrected chi connectivity index (χ4v) is 4.47. The molecule has 170 valence electrons. The second-order valence-corrected chi connectivity index (χ2v) is 9.47. The number of carbonyl (C=O) groups excluding carboxylic acids is 1. The molecule has 8 nitrogen and oxygen atoms in total. The number of nitrogens with one attached hydrogen (secondary N) is 1. The van der Waals surface area contributed by atoms with E-state index in [0.29, 0.717) is 17.2 Å². The van der Waals surface area contributed by atoms with Crippen molar-refractivity contribution in [3.05, 3.63) is 65.4 Å². The molecule has 0 aliphatic carbocycles. The van der Waals surface area contributed by atoms with E-state index >= 15 is 0 Å². The SMILES string of the molecule is COc1ccc(-c2cc(COC(=O)[C@H](NS(=O)(=O)c3cccc(Cl)c3)C(C)C)on2)cc1. The molecule has 1 heterocycles. The normalized spacial score (nSPS) is 12.5. The number of rotatable bonds is 9. The summed E-state index contributed by atoms with van der Waals surface area (Å²) in [5.41, 5.74) is 1.38. The highest BCUT2D eigenvalue weighted by atomic mass is 35.5. The molecule has 0 bridgehead atoms. The van der Waals surface area contributed by atoms with Crippen LogP contribution in [0.15, 0.2) is 64.0 Å². The molecule has 3 rings (SSSR count). The van der Waals surface area contributed by atoms with Crippen LogP contribution in [0.2, 0.25) is 5.02 Å². The Morgan fingerprint density at radius 2 is 1.88 bits per heavy atom. The van der Waals surface area contributed by atoms with Crippen LogP contribution in [0.25, 0.3) is 11.3 Å². The van der Waals surface area contributed by atoms with Crippen LogP contribution in [-0.4, -0.2) is 32.7 Å². The molecular formula is C22H23ClN2O6S. The summed E-state index contributed by atoms with van der Waals surface area (Å²) in [6, 6.07) is 13.6. The first-order valence-corrected chi connectivity index (χ1v) is 11.6. The topological polar surface area (TPSA) is 108 Å². The number of nitrogens with zero attached hydrogens (tertiary/aromatic N) is 1. The lowest BCUT2D eigenvalue weighted by Gasteiger charge is -2.20. The van der Waals surface area contributed by atoms with Crippen LogP contribution in [-0.2, 0) is 26.2 Å². The first-order valence-electron chi connectivity index (χ1n) is 9.74. The fraction of sp³-hybridized carbons (Fsp3) is 0.273. The van der Waals surface area contributed by atoms with Crippen molar-refractivity contribution in [2.75, 3.05) is 7.11 Å². The van der Waals surface area contributed by atoms with Gasteiger partial charge in [-0.05, 0) is 48.4 Å². The van der Waals surface area contributed by atoms with E-state index < -0.39 is 22.0 Å².